The van der Waals surface area contributed by atoms with Crippen LogP contribution in [0.25, 0.3) is 0 Å². The Labute approximate surface area is 117 Å². The molecule has 6 nitrogen and oxygen atoms in total. The molecule has 108 valence electrons. The van der Waals surface area contributed by atoms with E-state index in [1.54, 1.807) is 6.07 Å². The molecule has 20 heavy (non-hydrogen) atoms. The Kier molecular flexibility index (Phi) is 5.25. The molecule has 1 atom stereocenters. The Balaban J connectivity index is 2.95. The van der Waals surface area contributed by atoms with Crippen LogP contribution < -0.4 is 11.1 Å². The molecule has 0 aromatic heterocycles. The molecule has 4 N–H and O–H groups in total. The van der Waals surface area contributed by atoms with E-state index in [0.29, 0.717) is 6.42 Å². The summed E-state index contributed by atoms with van der Waals surface area (Å²) in [5.41, 5.74) is 5.14. The van der Waals surface area contributed by atoms with Crippen LogP contribution in [0.15, 0.2) is 24.3 Å². The average Bonchev–Trinajstić information content (AvgIpc) is 2.37. The number of carboxylic acid groups (broad SMARTS) is 1. The average molecular weight is 278 g/mol. The molecule has 0 spiro atoms. The fraction of sp³-hybridized carbons (Fsp3) is 0.357. The molecule has 1 aromatic carbocycles. The first kappa shape index (κ1) is 15.7. The highest BCUT2D eigenvalue weighted by molar-refractivity contribution is 6.05. The zero-order valence-electron chi connectivity index (χ0n) is 11.4. The van der Waals surface area contributed by atoms with E-state index >= 15 is 0 Å². The van der Waals surface area contributed by atoms with Crippen molar-refractivity contribution in [2.75, 3.05) is 0 Å². The zero-order valence-corrected chi connectivity index (χ0v) is 11.4. The Morgan fingerprint density at radius 3 is 2.20 bits per heavy atom. The zero-order chi connectivity index (χ0) is 15.3. The lowest BCUT2D eigenvalue weighted by molar-refractivity contribution is -0.120. The largest absolute Gasteiger partial charge is 0.478 e. The number of nitrogens with two attached hydrogens (primary N) is 1. The molecule has 1 aromatic rings. The van der Waals surface area contributed by atoms with E-state index in [4.69, 9.17) is 10.8 Å². The maximum Gasteiger partial charge on any atom is 0.336 e. The summed E-state index contributed by atoms with van der Waals surface area (Å²) < 4.78 is 0. The van der Waals surface area contributed by atoms with Gasteiger partial charge in [-0.3, -0.25) is 9.59 Å². The SMILES string of the molecule is CC(C)CC(NC(=O)c1ccccc1C(=O)O)C(N)=O. The quantitative estimate of drug-likeness (QED) is 0.721. The van der Waals surface area contributed by atoms with Gasteiger partial charge in [0.1, 0.15) is 6.04 Å². The maximum absolute atomic E-state index is 12.1. The second-order valence-electron chi connectivity index (χ2n) is 4.91. The van der Waals surface area contributed by atoms with Crippen LogP contribution in [-0.4, -0.2) is 28.9 Å². The summed E-state index contributed by atoms with van der Waals surface area (Å²) in [5, 5.41) is 11.5. The minimum Gasteiger partial charge on any atom is -0.478 e. The number of benzene rings is 1. The van der Waals surface area contributed by atoms with Gasteiger partial charge < -0.3 is 16.2 Å². The first-order valence-electron chi connectivity index (χ1n) is 6.25. The van der Waals surface area contributed by atoms with Crippen LogP contribution in [-0.2, 0) is 4.79 Å². The molecule has 6 heteroatoms. The maximum atomic E-state index is 12.1. The van der Waals surface area contributed by atoms with Crippen molar-refractivity contribution in [2.45, 2.75) is 26.3 Å². The number of carbonyl (C=O) groups excluding carboxylic acids is 2. The number of aromatic carboxylic acids is 1. The van der Waals surface area contributed by atoms with Crippen LogP contribution in [0.4, 0.5) is 0 Å². The van der Waals surface area contributed by atoms with Gasteiger partial charge in [-0.15, -0.1) is 0 Å². The van der Waals surface area contributed by atoms with Gasteiger partial charge in [0.15, 0.2) is 0 Å². The van der Waals surface area contributed by atoms with Gasteiger partial charge in [0.05, 0.1) is 11.1 Å². The van der Waals surface area contributed by atoms with Crippen LogP contribution in [0.5, 0.6) is 0 Å². The molecule has 0 fully saturated rings. The first-order valence-corrected chi connectivity index (χ1v) is 6.25. The number of carbonyl (C=O) groups is 3. The molecule has 1 unspecified atom stereocenters. The number of carboxylic acids is 1. The smallest absolute Gasteiger partial charge is 0.336 e. The third-order valence-corrected chi connectivity index (χ3v) is 2.76. The van der Waals surface area contributed by atoms with Crippen molar-refractivity contribution in [3.8, 4) is 0 Å². The summed E-state index contributed by atoms with van der Waals surface area (Å²) in [6, 6.07) is 5.00. The Morgan fingerprint density at radius 1 is 1.20 bits per heavy atom. The fourth-order valence-corrected chi connectivity index (χ4v) is 1.82. The number of hydrogen-bond donors (Lipinski definition) is 3. The molecule has 0 aliphatic rings. The number of rotatable bonds is 6. The van der Waals surface area contributed by atoms with Gasteiger partial charge in [0, 0.05) is 0 Å². The van der Waals surface area contributed by atoms with Crippen LogP contribution in [0.3, 0.4) is 0 Å². The topological polar surface area (TPSA) is 109 Å². The van der Waals surface area contributed by atoms with Gasteiger partial charge in [-0.25, -0.2) is 4.79 Å². The standard InChI is InChI=1S/C14H18N2O4/c1-8(2)7-11(12(15)17)16-13(18)9-5-3-4-6-10(9)14(19)20/h3-6,8,11H,7H2,1-2H3,(H2,15,17)(H,16,18)(H,19,20). The number of nitrogens with one attached hydrogen (secondary N) is 1. The van der Waals surface area contributed by atoms with Crippen molar-refractivity contribution in [1.29, 1.82) is 0 Å². The number of amides is 2. The third-order valence-electron chi connectivity index (χ3n) is 2.76. The van der Waals surface area contributed by atoms with Gasteiger partial charge in [0.25, 0.3) is 5.91 Å². The van der Waals surface area contributed by atoms with Crippen molar-refractivity contribution >= 4 is 17.8 Å². The third kappa shape index (κ3) is 4.08. The molecule has 0 saturated heterocycles. The Bertz CT molecular complexity index is 526. The minimum absolute atomic E-state index is 0.00926. The van der Waals surface area contributed by atoms with Gasteiger partial charge in [-0.2, -0.15) is 0 Å². The van der Waals surface area contributed by atoms with E-state index in [9.17, 15) is 14.4 Å². The predicted octanol–water partition coefficient (Wildman–Crippen LogP) is 1.01. The number of primary amides is 1. The van der Waals surface area contributed by atoms with Crippen molar-refractivity contribution < 1.29 is 19.5 Å². The van der Waals surface area contributed by atoms with Crippen LogP contribution in [0.2, 0.25) is 0 Å². The molecule has 0 saturated carbocycles. The summed E-state index contributed by atoms with van der Waals surface area (Å²) in [4.78, 5) is 34.4. The second kappa shape index (κ2) is 6.70. The van der Waals surface area contributed by atoms with Crippen LogP contribution in [0, 0.1) is 5.92 Å². The fourth-order valence-electron chi connectivity index (χ4n) is 1.82. The van der Waals surface area contributed by atoms with E-state index < -0.39 is 23.8 Å². The van der Waals surface area contributed by atoms with Crippen molar-refractivity contribution in [1.82, 2.24) is 5.32 Å². The molecule has 2 amide bonds. The van der Waals surface area contributed by atoms with E-state index in [-0.39, 0.29) is 17.0 Å². The summed E-state index contributed by atoms with van der Waals surface area (Å²) in [7, 11) is 0. The Morgan fingerprint density at radius 2 is 1.75 bits per heavy atom. The lowest BCUT2D eigenvalue weighted by Crippen LogP contribution is -2.45. The predicted molar refractivity (Wildman–Crippen MR) is 73.3 cm³/mol. The first-order chi connectivity index (χ1) is 9.32. The van der Waals surface area contributed by atoms with E-state index in [1.807, 2.05) is 13.8 Å². The molecule has 0 bridgehead atoms. The normalized spacial score (nSPS) is 11.9. The lowest BCUT2D eigenvalue weighted by atomic mass is 10.0. The van der Waals surface area contributed by atoms with Crippen molar-refractivity contribution in [3.63, 3.8) is 0 Å². The summed E-state index contributed by atoms with van der Waals surface area (Å²) >= 11 is 0. The highest BCUT2D eigenvalue weighted by atomic mass is 16.4. The van der Waals surface area contributed by atoms with Crippen molar-refractivity contribution in [3.05, 3.63) is 35.4 Å². The molecule has 1 rings (SSSR count). The molecular weight excluding hydrogens is 260 g/mol. The second-order valence-corrected chi connectivity index (χ2v) is 4.91. The summed E-state index contributed by atoms with van der Waals surface area (Å²) in [6.45, 7) is 3.79. The molecule has 0 aliphatic carbocycles. The Hall–Kier alpha value is -2.37. The summed E-state index contributed by atoms with van der Waals surface area (Å²) in [6.07, 6.45) is 0.399. The molecule has 0 radical (unpaired) electrons. The number of hydrogen-bond acceptors (Lipinski definition) is 3. The highest BCUT2D eigenvalue weighted by Crippen LogP contribution is 2.11. The molecular formula is C14H18N2O4. The van der Waals surface area contributed by atoms with E-state index in [0.717, 1.165) is 0 Å². The lowest BCUT2D eigenvalue weighted by Gasteiger charge is -2.18. The van der Waals surface area contributed by atoms with Crippen molar-refractivity contribution in [2.24, 2.45) is 11.7 Å². The van der Waals surface area contributed by atoms with Gasteiger partial charge in [0.2, 0.25) is 5.91 Å². The van der Waals surface area contributed by atoms with Gasteiger partial charge in [-0.1, -0.05) is 26.0 Å². The summed E-state index contributed by atoms with van der Waals surface area (Å²) in [5.74, 6) is -2.29. The van der Waals surface area contributed by atoms with Crippen LogP contribution in [0.1, 0.15) is 41.0 Å². The van der Waals surface area contributed by atoms with Crippen LogP contribution >= 0.6 is 0 Å². The highest BCUT2D eigenvalue weighted by Gasteiger charge is 2.22. The van der Waals surface area contributed by atoms with E-state index in [2.05, 4.69) is 5.32 Å². The van der Waals surface area contributed by atoms with E-state index in [1.165, 1.54) is 18.2 Å². The van der Waals surface area contributed by atoms with Gasteiger partial charge in [-0.05, 0) is 24.5 Å². The van der Waals surface area contributed by atoms with Gasteiger partial charge >= 0.3 is 5.97 Å². The molecule has 0 heterocycles. The molecule has 0 aliphatic heterocycles. The monoisotopic (exact) mass is 278 g/mol. The minimum atomic E-state index is -1.20.